The maximum Gasteiger partial charge on any atom is 0.272 e. The van der Waals surface area contributed by atoms with Crippen molar-refractivity contribution in [3.8, 4) is 0 Å². The van der Waals surface area contributed by atoms with Crippen LogP contribution < -0.4 is 5.32 Å². The van der Waals surface area contributed by atoms with Crippen LogP contribution in [0.4, 0.5) is 0 Å². The average molecular weight is 419 g/mol. The van der Waals surface area contributed by atoms with Crippen molar-refractivity contribution < 1.29 is 4.79 Å². The number of halogens is 2. The van der Waals surface area contributed by atoms with Gasteiger partial charge in [0.2, 0.25) is 0 Å². The molecule has 0 fully saturated rings. The summed E-state index contributed by atoms with van der Waals surface area (Å²) in [6.07, 6.45) is 4.56. The summed E-state index contributed by atoms with van der Waals surface area (Å²) in [7, 11) is 0. The highest BCUT2D eigenvalue weighted by Gasteiger charge is 2.14. The molecule has 0 aliphatic heterocycles. The maximum absolute atomic E-state index is 12.0. The van der Waals surface area contributed by atoms with Gasteiger partial charge in [0.1, 0.15) is 0 Å². The van der Waals surface area contributed by atoms with Crippen molar-refractivity contribution in [2.24, 2.45) is 0 Å². The summed E-state index contributed by atoms with van der Waals surface area (Å²) in [5.74, 6) is -0.160. The van der Waals surface area contributed by atoms with Gasteiger partial charge in [0.05, 0.1) is 14.6 Å². The monoisotopic (exact) mass is 417 g/mol. The number of aromatic nitrogens is 4. The van der Waals surface area contributed by atoms with Crippen LogP contribution in [0.15, 0.2) is 21.3 Å². The second-order valence-electron chi connectivity index (χ2n) is 4.62. The molecule has 0 atom stereocenters. The van der Waals surface area contributed by atoms with E-state index in [1.165, 1.54) is 0 Å². The van der Waals surface area contributed by atoms with Crippen LogP contribution in [-0.4, -0.2) is 32.0 Å². The summed E-state index contributed by atoms with van der Waals surface area (Å²) in [5, 5.41) is 11.4. The molecule has 2 rings (SSSR count). The molecule has 0 aliphatic rings. The van der Waals surface area contributed by atoms with E-state index in [9.17, 15) is 4.79 Å². The molecule has 2 aromatic heterocycles. The zero-order chi connectivity index (χ0) is 15.4. The Morgan fingerprint density at radius 2 is 1.95 bits per heavy atom. The van der Waals surface area contributed by atoms with Crippen molar-refractivity contribution in [3.63, 3.8) is 0 Å². The lowest BCUT2D eigenvalue weighted by Crippen LogP contribution is -2.26. The maximum atomic E-state index is 12.0. The van der Waals surface area contributed by atoms with Gasteiger partial charge >= 0.3 is 0 Å². The van der Waals surface area contributed by atoms with Gasteiger partial charge in [-0.15, -0.1) is 0 Å². The largest absolute Gasteiger partial charge is 0.351 e. The van der Waals surface area contributed by atoms with Crippen LogP contribution in [0, 0.1) is 6.92 Å². The van der Waals surface area contributed by atoms with Gasteiger partial charge < -0.3 is 5.32 Å². The quantitative estimate of drug-likeness (QED) is 0.733. The average Bonchev–Trinajstić information content (AvgIpc) is 2.98. The van der Waals surface area contributed by atoms with E-state index in [-0.39, 0.29) is 5.91 Å². The molecule has 0 bridgehead atoms. The van der Waals surface area contributed by atoms with Crippen LogP contribution in [0.3, 0.4) is 0 Å². The molecule has 0 saturated heterocycles. The molecular formula is C13H17Br2N5O. The van der Waals surface area contributed by atoms with Gasteiger partial charge in [-0.3, -0.25) is 14.2 Å². The van der Waals surface area contributed by atoms with Gasteiger partial charge in [-0.2, -0.15) is 10.2 Å². The van der Waals surface area contributed by atoms with Gasteiger partial charge in [-0.25, -0.2) is 0 Å². The first-order chi connectivity index (χ1) is 10.0. The molecule has 114 valence electrons. The van der Waals surface area contributed by atoms with E-state index in [1.54, 1.807) is 10.9 Å². The van der Waals surface area contributed by atoms with Crippen LogP contribution in [0.5, 0.6) is 0 Å². The number of nitrogens with zero attached hydrogens (tertiary/aromatic N) is 4. The van der Waals surface area contributed by atoms with Crippen molar-refractivity contribution in [1.29, 1.82) is 0 Å². The number of amides is 1. The Morgan fingerprint density at radius 3 is 2.52 bits per heavy atom. The summed E-state index contributed by atoms with van der Waals surface area (Å²) in [5.41, 5.74) is 1.39. The predicted octanol–water partition coefficient (Wildman–Crippen LogP) is 2.75. The minimum Gasteiger partial charge on any atom is -0.351 e. The van der Waals surface area contributed by atoms with E-state index in [4.69, 9.17) is 0 Å². The van der Waals surface area contributed by atoms with Gasteiger partial charge in [-0.05, 0) is 52.1 Å². The van der Waals surface area contributed by atoms with Crippen molar-refractivity contribution in [2.75, 3.05) is 6.54 Å². The molecule has 0 aliphatic carbocycles. The van der Waals surface area contributed by atoms with E-state index in [0.717, 1.165) is 29.7 Å². The van der Waals surface area contributed by atoms with Crippen LogP contribution in [-0.2, 0) is 13.1 Å². The molecule has 2 aromatic rings. The molecule has 0 unspecified atom stereocenters. The smallest absolute Gasteiger partial charge is 0.272 e. The summed E-state index contributed by atoms with van der Waals surface area (Å²) in [6, 6.07) is 0. The number of hydrogen-bond acceptors (Lipinski definition) is 3. The minimum atomic E-state index is -0.160. The van der Waals surface area contributed by atoms with Crippen LogP contribution in [0.25, 0.3) is 0 Å². The highest BCUT2D eigenvalue weighted by Crippen LogP contribution is 2.15. The molecule has 6 nitrogen and oxygen atoms in total. The molecular weight excluding hydrogens is 402 g/mol. The Labute approximate surface area is 140 Å². The number of hydrogen-bond donors (Lipinski definition) is 1. The second-order valence-corrected chi connectivity index (χ2v) is 6.32. The number of carbonyl (C=O) groups is 1. The predicted molar refractivity (Wildman–Crippen MR) is 87.2 cm³/mol. The lowest BCUT2D eigenvalue weighted by molar-refractivity contribution is 0.0946. The third-order valence-electron chi connectivity index (χ3n) is 2.99. The number of carbonyl (C=O) groups excluding carboxylic acids is 1. The zero-order valence-electron chi connectivity index (χ0n) is 11.9. The van der Waals surface area contributed by atoms with Crippen molar-refractivity contribution in [3.05, 3.63) is 32.7 Å². The lowest BCUT2D eigenvalue weighted by Gasteiger charge is -2.04. The van der Waals surface area contributed by atoms with Gasteiger partial charge in [-0.1, -0.05) is 0 Å². The van der Waals surface area contributed by atoms with E-state index in [2.05, 4.69) is 47.4 Å². The summed E-state index contributed by atoms with van der Waals surface area (Å²) in [4.78, 5) is 12.0. The molecule has 1 N–H and O–H groups in total. The minimum absolute atomic E-state index is 0.160. The highest BCUT2D eigenvalue weighted by molar-refractivity contribution is 9.10. The fourth-order valence-corrected chi connectivity index (χ4v) is 2.66. The van der Waals surface area contributed by atoms with Gasteiger partial charge in [0, 0.05) is 32.0 Å². The molecule has 8 heteroatoms. The summed E-state index contributed by atoms with van der Waals surface area (Å²) in [6.45, 7) is 6.01. The molecule has 21 heavy (non-hydrogen) atoms. The van der Waals surface area contributed by atoms with Crippen molar-refractivity contribution in [2.45, 2.75) is 33.4 Å². The Bertz CT molecular complexity index is 615. The normalized spacial score (nSPS) is 10.9. The lowest BCUT2D eigenvalue weighted by atomic mass is 10.3. The molecule has 0 spiro atoms. The van der Waals surface area contributed by atoms with Gasteiger partial charge in [0.25, 0.3) is 5.91 Å². The first kappa shape index (κ1) is 16.2. The van der Waals surface area contributed by atoms with Crippen LogP contribution in [0.1, 0.15) is 29.5 Å². The SMILES string of the molecule is CCn1cc(Br)c(C(=O)NCCCn2cc(Br)c(C)n2)n1. The van der Waals surface area contributed by atoms with Crippen molar-refractivity contribution >= 4 is 37.8 Å². The molecule has 1 amide bonds. The summed E-state index contributed by atoms with van der Waals surface area (Å²) >= 11 is 6.78. The third kappa shape index (κ3) is 4.16. The standard InChI is InChI=1S/C13H17Br2N5O/c1-3-19-8-11(15)12(18-19)13(21)16-5-4-6-20-7-10(14)9(2)17-20/h7-8H,3-6H2,1-2H3,(H,16,21). The topological polar surface area (TPSA) is 64.7 Å². The Morgan fingerprint density at radius 1 is 1.24 bits per heavy atom. The third-order valence-corrected chi connectivity index (χ3v) is 4.35. The van der Waals surface area contributed by atoms with E-state index in [1.807, 2.05) is 24.7 Å². The zero-order valence-corrected chi connectivity index (χ0v) is 15.1. The van der Waals surface area contributed by atoms with E-state index >= 15 is 0 Å². The van der Waals surface area contributed by atoms with Gasteiger partial charge in [0.15, 0.2) is 5.69 Å². The molecule has 0 aromatic carbocycles. The first-order valence-corrected chi connectivity index (χ1v) is 8.30. The fourth-order valence-electron chi connectivity index (χ4n) is 1.85. The Kier molecular flexibility index (Phi) is 5.58. The Balaban J connectivity index is 1.80. The number of rotatable bonds is 6. The highest BCUT2D eigenvalue weighted by atomic mass is 79.9. The van der Waals surface area contributed by atoms with E-state index < -0.39 is 0 Å². The molecule has 2 heterocycles. The fraction of sp³-hybridized carbons (Fsp3) is 0.462. The van der Waals surface area contributed by atoms with Crippen LogP contribution >= 0.6 is 31.9 Å². The summed E-state index contributed by atoms with van der Waals surface area (Å²) < 4.78 is 5.31. The molecule has 0 saturated carbocycles. The Hall–Kier alpha value is -1.15. The first-order valence-electron chi connectivity index (χ1n) is 6.72. The van der Waals surface area contributed by atoms with Crippen molar-refractivity contribution in [1.82, 2.24) is 24.9 Å². The second kappa shape index (κ2) is 7.22. The number of aryl methyl sites for hydroxylation is 3. The van der Waals surface area contributed by atoms with E-state index in [0.29, 0.717) is 16.7 Å². The number of nitrogens with one attached hydrogen (secondary N) is 1. The molecule has 0 radical (unpaired) electrons. The van der Waals surface area contributed by atoms with Crippen LogP contribution in [0.2, 0.25) is 0 Å².